The van der Waals surface area contributed by atoms with Gasteiger partial charge in [-0.15, -0.1) is 0 Å². The number of carbonyl (C=O) groups is 1. The third kappa shape index (κ3) is 3.13. The summed E-state index contributed by atoms with van der Waals surface area (Å²) in [5.74, 6) is -0.391. The van der Waals surface area contributed by atoms with Crippen molar-refractivity contribution in [1.29, 1.82) is 0 Å². The fraction of sp³-hybridized carbons (Fsp3) is 0.188. The summed E-state index contributed by atoms with van der Waals surface area (Å²) < 4.78 is 5.44. The number of ether oxygens (including phenoxy) is 1. The molecule has 0 radical (unpaired) electrons. The molecule has 0 spiro atoms. The number of esters is 1. The van der Waals surface area contributed by atoms with Crippen LogP contribution in [-0.2, 0) is 4.74 Å². The molecule has 1 unspecified atom stereocenters. The maximum atomic E-state index is 12.1. The van der Waals surface area contributed by atoms with Crippen LogP contribution in [0.25, 0.3) is 0 Å². The van der Waals surface area contributed by atoms with Gasteiger partial charge in [-0.3, -0.25) is 0 Å². The van der Waals surface area contributed by atoms with E-state index in [9.17, 15) is 4.79 Å². The minimum Gasteiger partial charge on any atom is -0.454 e. The Kier molecular flexibility index (Phi) is 3.85. The zero-order valence-electron chi connectivity index (χ0n) is 11.1. The first-order valence-corrected chi connectivity index (χ1v) is 6.20. The lowest BCUT2D eigenvalue weighted by Gasteiger charge is -2.14. The molecular formula is C16H17NO2. The van der Waals surface area contributed by atoms with E-state index in [4.69, 9.17) is 10.5 Å². The van der Waals surface area contributed by atoms with E-state index in [-0.39, 0.29) is 6.10 Å². The number of hydrogen-bond donors (Lipinski definition) is 1. The molecule has 0 heterocycles. The first kappa shape index (κ1) is 13.1. The number of rotatable bonds is 3. The molecule has 1 atom stereocenters. The van der Waals surface area contributed by atoms with Crippen molar-refractivity contribution >= 4 is 11.7 Å². The summed E-state index contributed by atoms with van der Waals surface area (Å²) in [5, 5.41) is 0. The van der Waals surface area contributed by atoms with Gasteiger partial charge in [-0.05, 0) is 31.5 Å². The first-order chi connectivity index (χ1) is 9.08. The van der Waals surface area contributed by atoms with Gasteiger partial charge < -0.3 is 10.5 Å². The Morgan fingerprint density at radius 2 is 1.84 bits per heavy atom. The van der Waals surface area contributed by atoms with Crippen LogP contribution in [0.2, 0.25) is 0 Å². The van der Waals surface area contributed by atoms with Crippen LogP contribution >= 0.6 is 0 Å². The third-order valence-corrected chi connectivity index (χ3v) is 2.98. The number of nitrogens with two attached hydrogens (primary N) is 1. The predicted octanol–water partition coefficient (Wildman–Crippen LogP) is 3.50. The van der Waals surface area contributed by atoms with Gasteiger partial charge in [-0.1, -0.05) is 42.0 Å². The highest BCUT2D eigenvalue weighted by atomic mass is 16.5. The van der Waals surface area contributed by atoms with Crippen molar-refractivity contribution in [2.75, 3.05) is 5.73 Å². The number of carbonyl (C=O) groups excluding carboxylic acids is 1. The summed E-state index contributed by atoms with van der Waals surface area (Å²) in [5.41, 5.74) is 8.60. The molecule has 2 N–H and O–H groups in total. The molecule has 0 bridgehead atoms. The van der Waals surface area contributed by atoms with E-state index < -0.39 is 5.97 Å². The van der Waals surface area contributed by atoms with Gasteiger partial charge in [0.25, 0.3) is 0 Å². The molecule has 0 aliphatic rings. The van der Waals surface area contributed by atoms with E-state index in [1.807, 2.05) is 50.2 Å². The normalized spacial score (nSPS) is 11.9. The van der Waals surface area contributed by atoms with Crippen molar-refractivity contribution in [1.82, 2.24) is 0 Å². The fourth-order valence-electron chi connectivity index (χ4n) is 1.86. The molecule has 3 heteroatoms. The summed E-state index contributed by atoms with van der Waals surface area (Å²) in [6.45, 7) is 3.76. The molecule has 0 aliphatic heterocycles. The van der Waals surface area contributed by atoms with Gasteiger partial charge in [0.05, 0.1) is 5.56 Å². The molecule has 2 aromatic rings. The van der Waals surface area contributed by atoms with Crippen LogP contribution in [0, 0.1) is 6.92 Å². The number of nitrogen functional groups attached to an aromatic ring is 1. The summed E-state index contributed by atoms with van der Waals surface area (Å²) in [4.78, 5) is 12.1. The van der Waals surface area contributed by atoms with Crippen molar-refractivity contribution in [3.63, 3.8) is 0 Å². The average molecular weight is 255 g/mol. The molecule has 0 saturated carbocycles. The van der Waals surface area contributed by atoms with E-state index in [1.54, 1.807) is 12.1 Å². The maximum absolute atomic E-state index is 12.1. The quantitative estimate of drug-likeness (QED) is 0.674. The molecule has 0 fully saturated rings. The Hall–Kier alpha value is -2.29. The highest BCUT2D eigenvalue weighted by Gasteiger charge is 2.15. The van der Waals surface area contributed by atoms with Crippen LogP contribution in [0.4, 0.5) is 5.69 Å². The van der Waals surface area contributed by atoms with Crippen molar-refractivity contribution in [2.45, 2.75) is 20.0 Å². The molecule has 2 rings (SSSR count). The molecule has 98 valence electrons. The van der Waals surface area contributed by atoms with Crippen molar-refractivity contribution in [3.8, 4) is 0 Å². The summed E-state index contributed by atoms with van der Waals surface area (Å²) in [6.07, 6.45) is -0.298. The largest absolute Gasteiger partial charge is 0.454 e. The van der Waals surface area contributed by atoms with Crippen LogP contribution in [0.5, 0.6) is 0 Å². The minimum absolute atomic E-state index is 0.298. The lowest BCUT2D eigenvalue weighted by molar-refractivity contribution is 0.0339. The Balaban J connectivity index is 2.15. The van der Waals surface area contributed by atoms with Crippen molar-refractivity contribution in [2.24, 2.45) is 0 Å². The summed E-state index contributed by atoms with van der Waals surface area (Å²) >= 11 is 0. The molecule has 0 saturated heterocycles. The topological polar surface area (TPSA) is 52.3 Å². The highest BCUT2D eigenvalue weighted by Crippen LogP contribution is 2.21. The Morgan fingerprint density at radius 1 is 1.16 bits per heavy atom. The van der Waals surface area contributed by atoms with Crippen LogP contribution in [0.3, 0.4) is 0 Å². The van der Waals surface area contributed by atoms with Gasteiger partial charge in [0.15, 0.2) is 0 Å². The van der Waals surface area contributed by atoms with Crippen LogP contribution < -0.4 is 5.73 Å². The average Bonchev–Trinajstić information content (AvgIpc) is 2.42. The number of aryl methyl sites for hydroxylation is 1. The monoisotopic (exact) mass is 255 g/mol. The SMILES string of the molecule is Cc1ccc(N)c(C(=O)OC(C)c2ccccc2)c1. The minimum atomic E-state index is -0.391. The molecule has 0 aromatic heterocycles. The Bertz CT molecular complexity index is 579. The van der Waals surface area contributed by atoms with Gasteiger partial charge in [-0.25, -0.2) is 4.79 Å². The van der Waals surface area contributed by atoms with E-state index in [2.05, 4.69) is 0 Å². The number of anilines is 1. The predicted molar refractivity (Wildman–Crippen MR) is 75.9 cm³/mol. The third-order valence-electron chi connectivity index (χ3n) is 2.98. The lowest BCUT2D eigenvalue weighted by Crippen LogP contribution is -2.11. The van der Waals surface area contributed by atoms with Gasteiger partial charge in [-0.2, -0.15) is 0 Å². The summed E-state index contributed by atoms with van der Waals surface area (Å²) in [7, 11) is 0. The first-order valence-electron chi connectivity index (χ1n) is 6.20. The molecule has 19 heavy (non-hydrogen) atoms. The van der Waals surface area contributed by atoms with Gasteiger partial charge in [0.2, 0.25) is 0 Å². The number of benzene rings is 2. The second kappa shape index (κ2) is 5.57. The van der Waals surface area contributed by atoms with E-state index in [0.29, 0.717) is 11.3 Å². The number of hydrogen-bond acceptors (Lipinski definition) is 3. The van der Waals surface area contributed by atoms with E-state index in [0.717, 1.165) is 11.1 Å². The van der Waals surface area contributed by atoms with Crippen LogP contribution in [0.1, 0.15) is 34.5 Å². The van der Waals surface area contributed by atoms with E-state index >= 15 is 0 Å². The lowest BCUT2D eigenvalue weighted by atomic mass is 10.1. The smallest absolute Gasteiger partial charge is 0.340 e. The Morgan fingerprint density at radius 3 is 2.53 bits per heavy atom. The molecule has 0 amide bonds. The van der Waals surface area contributed by atoms with Gasteiger partial charge in [0, 0.05) is 5.69 Å². The molecular weight excluding hydrogens is 238 g/mol. The maximum Gasteiger partial charge on any atom is 0.340 e. The zero-order chi connectivity index (χ0) is 13.8. The fourth-order valence-corrected chi connectivity index (χ4v) is 1.86. The second-order valence-corrected chi connectivity index (χ2v) is 4.55. The highest BCUT2D eigenvalue weighted by molar-refractivity contribution is 5.95. The van der Waals surface area contributed by atoms with Crippen molar-refractivity contribution < 1.29 is 9.53 Å². The standard InChI is InChI=1S/C16H17NO2/c1-11-8-9-15(17)14(10-11)16(18)19-12(2)13-6-4-3-5-7-13/h3-10,12H,17H2,1-2H3. The van der Waals surface area contributed by atoms with Crippen molar-refractivity contribution in [3.05, 3.63) is 65.2 Å². The van der Waals surface area contributed by atoms with Crippen LogP contribution in [0.15, 0.2) is 48.5 Å². The summed E-state index contributed by atoms with van der Waals surface area (Å²) in [6, 6.07) is 15.0. The second-order valence-electron chi connectivity index (χ2n) is 4.55. The van der Waals surface area contributed by atoms with Crippen LogP contribution in [-0.4, -0.2) is 5.97 Å². The Labute approximate surface area is 113 Å². The molecule has 2 aromatic carbocycles. The molecule has 0 aliphatic carbocycles. The van der Waals surface area contributed by atoms with E-state index in [1.165, 1.54) is 0 Å². The van der Waals surface area contributed by atoms with Gasteiger partial charge in [0.1, 0.15) is 6.10 Å². The zero-order valence-corrected chi connectivity index (χ0v) is 11.1. The molecule has 3 nitrogen and oxygen atoms in total. The van der Waals surface area contributed by atoms with Gasteiger partial charge >= 0.3 is 5.97 Å².